The van der Waals surface area contributed by atoms with Gasteiger partial charge < -0.3 is 4.74 Å². The Morgan fingerprint density at radius 3 is 2.33 bits per heavy atom. The minimum Gasteiger partial charge on any atom is -0.462 e. The number of rotatable bonds is 9. The van der Waals surface area contributed by atoms with Crippen LogP contribution in [0.3, 0.4) is 0 Å². The number of aryl methyl sites for hydroxylation is 1. The fraction of sp³-hybridized carbons (Fsp3) is 0.333. The molecule has 0 aliphatic rings. The molecule has 0 aliphatic heterocycles. The van der Waals surface area contributed by atoms with E-state index in [1.807, 2.05) is 6.92 Å². The van der Waals surface area contributed by atoms with Crippen LogP contribution in [0, 0.1) is 6.92 Å². The van der Waals surface area contributed by atoms with Crippen molar-refractivity contribution in [3.63, 3.8) is 0 Å². The number of anilines is 1. The van der Waals surface area contributed by atoms with Gasteiger partial charge in [0.15, 0.2) is 0 Å². The van der Waals surface area contributed by atoms with Gasteiger partial charge in [0.05, 0.1) is 17.1 Å². The lowest BCUT2D eigenvalue weighted by Gasteiger charge is -2.18. The number of sulfonamides is 1. The zero-order chi connectivity index (χ0) is 22.3. The molecule has 0 saturated carbocycles. The number of hydrogen-bond donors (Lipinski definition) is 0. The molecule has 9 heteroatoms. The topological polar surface area (TPSA) is 76.6 Å². The fourth-order valence-corrected chi connectivity index (χ4v) is 3.67. The van der Waals surface area contributed by atoms with Crippen LogP contribution in [0.1, 0.15) is 42.1 Å². The van der Waals surface area contributed by atoms with Crippen molar-refractivity contribution in [2.45, 2.75) is 38.0 Å². The van der Waals surface area contributed by atoms with Gasteiger partial charge in [-0.25, -0.2) is 18.2 Å². The molecular formula is C21H24F2N2O4S. The maximum atomic E-state index is 12.7. The van der Waals surface area contributed by atoms with E-state index in [0.717, 1.165) is 9.87 Å². The highest BCUT2D eigenvalue weighted by Crippen LogP contribution is 2.21. The van der Waals surface area contributed by atoms with Crippen LogP contribution in [-0.2, 0) is 14.8 Å². The van der Waals surface area contributed by atoms with Crippen LogP contribution in [0.4, 0.5) is 14.6 Å². The number of benzene rings is 1. The first-order valence-electron chi connectivity index (χ1n) is 9.32. The van der Waals surface area contributed by atoms with Gasteiger partial charge in [0.2, 0.25) is 0 Å². The summed E-state index contributed by atoms with van der Waals surface area (Å²) in [6, 6.07) is 9.30. The first-order chi connectivity index (χ1) is 14.1. The van der Waals surface area contributed by atoms with E-state index in [1.54, 1.807) is 12.1 Å². The maximum Gasteiger partial charge on any atom is 0.339 e. The van der Waals surface area contributed by atoms with Crippen molar-refractivity contribution >= 4 is 21.8 Å². The highest BCUT2D eigenvalue weighted by Gasteiger charge is 2.22. The lowest BCUT2D eigenvalue weighted by atomic mass is 10.1. The van der Waals surface area contributed by atoms with Crippen molar-refractivity contribution in [1.82, 2.24) is 4.98 Å². The Kier molecular flexibility index (Phi) is 8.05. The van der Waals surface area contributed by atoms with Crippen LogP contribution in [-0.4, -0.2) is 33.0 Å². The van der Waals surface area contributed by atoms with Crippen LogP contribution >= 0.6 is 0 Å². The molecule has 1 aromatic carbocycles. The lowest BCUT2D eigenvalue weighted by molar-refractivity contribution is 0.0498. The highest BCUT2D eigenvalue weighted by atomic mass is 32.2. The molecule has 0 fully saturated rings. The molecule has 0 N–H and O–H groups in total. The van der Waals surface area contributed by atoms with Crippen molar-refractivity contribution in [3.8, 4) is 0 Å². The van der Waals surface area contributed by atoms with Crippen molar-refractivity contribution in [3.05, 3.63) is 65.4 Å². The summed E-state index contributed by atoms with van der Waals surface area (Å²) in [5.74, 6) is -0.454. The molecule has 0 saturated heterocycles. The van der Waals surface area contributed by atoms with Gasteiger partial charge in [-0.3, -0.25) is 4.31 Å². The number of unbranched alkanes of at least 4 members (excludes halogenated alkanes) is 1. The fourth-order valence-electron chi connectivity index (χ4n) is 2.52. The molecule has 6 nitrogen and oxygen atoms in total. The van der Waals surface area contributed by atoms with E-state index in [1.165, 1.54) is 44.4 Å². The van der Waals surface area contributed by atoms with E-state index in [4.69, 9.17) is 4.74 Å². The average molecular weight is 438 g/mol. The molecular weight excluding hydrogens is 414 g/mol. The van der Waals surface area contributed by atoms with Gasteiger partial charge in [0, 0.05) is 13.2 Å². The third-order valence-corrected chi connectivity index (χ3v) is 6.26. The average Bonchev–Trinajstić information content (AvgIpc) is 2.73. The number of ether oxygens (including phenoxy) is 1. The van der Waals surface area contributed by atoms with Crippen LogP contribution in [0.15, 0.2) is 59.1 Å². The Morgan fingerprint density at radius 2 is 1.77 bits per heavy atom. The summed E-state index contributed by atoms with van der Waals surface area (Å²) >= 11 is 0. The quantitative estimate of drug-likeness (QED) is 0.419. The van der Waals surface area contributed by atoms with Crippen LogP contribution in [0.25, 0.3) is 0 Å². The van der Waals surface area contributed by atoms with E-state index in [-0.39, 0.29) is 34.9 Å². The van der Waals surface area contributed by atoms with Crippen molar-refractivity contribution < 1.29 is 26.7 Å². The number of nitrogens with zero attached hydrogens (tertiary/aromatic N) is 2. The van der Waals surface area contributed by atoms with Crippen LogP contribution in [0.5, 0.6) is 0 Å². The molecule has 30 heavy (non-hydrogen) atoms. The van der Waals surface area contributed by atoms with Gasteiger partial charge in [-0.2, -0.15) is 8.78 Å². The number of allylic oxidation sites excluding steroid dienone is 1. The summed E-state index contributed by atoms with van der Waals surface area (Å²) < 4.78 is 56.2. The van der Waals surface area contributed by atoms with E-state index in [9.17, 15) is 22.0 Å². The minimum absolute atomic E-state index is 0.0332. The largest absolute Gasteiger partial charge is 0.462 e. The molecule has 0 unspecified atom stereocenters. The zero-order valence-corrected chi connectivity index (χ0v) is 17.9. The summed E-state index contributed by atoms with van der Waals surface area (Å²) in [5.41, 5.74) is 1.15. The Hall–Kier alpha value is -2.81. The molecule has 162 valence electrons. The zero-order valence-electron chi connectivity index (χ0n) is 17.1. The minimum atomic E-state index is -3.78. The van der Waals surface area contributed by atoms with Gasteiger partial charge in [-0.15, -0.1) is 0 Å². The van der Waals surface area contributed by atoms with Gasteiger partial charge in [0.25, 0.3) is 16.1 Å². The van der Waals surface area contributed by atoms with Crippen molar-refractivity contribution in [2.24, 2.45) is 0 Å². The second kappa shape index (κ2) is 10.3. The molecule has 0 radical (unpaired) electrons. The summed E-state index contributed by atoms with van der Waals surface area (Å²) in [5, 5.41) is 0. The molecule has 0 spiro atoms. The third-order valence-electron chi connectivity index (χ3n) is 4.49. The second-order valence-corrected chi connectivity index (χ2v) is 8.79. The molecule has 0 aliphatic carbocycles. The van der Waals surface area contributed by atoms with E-state index in [2.05, 4.69) is 4.98 Å². The SMILES string of the molecule is CC(CCCCOC(=O)c1ccc(N(C)S(=O)(=O)c2ccc(C)cc2)nc1)=C(F)F. The summed E-state index contributed by atoms with van der Waals surface area (Å²) in [7, 11) is -2.40. The Balaban J connectivity index is 1.94. The van der Waals surface area contributed by atoms with Crippen molar-refractivity contribution in [2.75, 3.05) is 18.0 Å². The molecule has 2 aromatic rings. The molecule has 0 amide bonds. The summed E-state index contributed by atoms with van der Waals surface area (Å²) in [6.45, 7) is 3.33. The van der Waals surface area contributed by atoms with E-state index < -0.39 is 22.1 Å². The first-order valence-corrected chi connectivity index (χ1v) is 10.8. The number of halogens is 2. The smallest absolute Gasteiger partial charge is 0.339 e. The monoisotopic (exact) mass is 438 g/mol. The van der Waals surface area contributed by atoms with Gasteiger partial charge in [0.1, 0.15) is 5.82 Å². The summed E-state index contributed by atoms with van der Waals surface area (Å²) in [6.07, 6.45) is 0.754. The number of aromatic nitrogens is 1. The summed E-state index contributed by atoms with van der Waals surface area (Å²) in [4.78, 5) is 16.2. The number of hydrogen-bond acceptors (Lipinski definition) is 5. The van der Waals surface area contributed by atoms with E-state index in [0.29, 0.717) is 12.8 Å². The Morgan fingerprint density at radius 1 is 1.10 bits per heavy atom. The normalized spacial score (nSPS) is 11.1. The number of carbonyl (C=O) groups excluding carboxylic acids is 1. The van der Waals surface area contributed by atoms with Crippen LogP contribution in [0.2, 0.25) is 0 Å². The van der Waals surface area contributed by atoms with Gasteiger partial charge >= 0.3 is 5.97 Å². The predicted molar refractivity (Wildman–Crippen MR) is 110 cm³/mol. The first kappa shape index (κ1) is 23.5. The molecule has 0 atom stereocenters. The van der Waals surface area contributed by atoms with Crippen molar-refractivity contribution in [1.29, 1.82) is 0 Å². The van der Waals surface area contributed by atoms with Crippen LogP contribution < -0.4 is 4.31 Å². The third kappa shape index (κ3) is 6.09. The second-order valence-electron chi connectivity index (χ2n) is 6.82. The highest BCUT2D eigenvalue weighted by molar-refractivity contribution is 7.92. The Bertz CT molecular complexity index is 1000. The maximum absolute atomic E-state index is 12.7. The van der Waals surface area contributed by atoms with Gasteiger partial charge in [-0.05, 0) is 62.9 Å². The molecule has 1 aromatic heterocycles. The Labute approximate surface area is 175 Å². The lowest BCUT2D eigenvalue weighted by Crippen LogP contribution is -2.27. The molecule has 1 heterocycles. The predicted octanol–water partition coefficient (Wildman–Crippen LogP) is 4.71. The number of pyridine rings is 1. The number of carbonyl (C=O) groups is 1. The molecule has 2 rings (SSSR count). The number of esters is 1. The van der Waals surface area contributed by atoms with E-state index >= 15 is 0 Å². The molecule has 0 bridgehead atoms. The standard InChI is InChI=1S/C21H24F2N2O4S/c1-15-7-10-18(11-8-15)30(27,28)25(3)19-12-9-17(14-24-19)21(26)29-13-5-4-6-16(2)20(22)23/h7-12,14H,4-6,13H2,1-3H3. The van der Waals surface area contributed by atoms with Gasteiger partial charge in [-0.1, -0.05) is 17.7 Å².